The quantitative estimate of drug-likeness (QED) is 0.0261. The van der Waals surface area contributed by atoms with Gasteiger partial charge in [-0.3, -0.25) is 14.4 Å². The van der Waals surface area contributed by atoms with Gasteiger partial charge < -0.3 is 14.2 Å². The van der Waals surface area contributed by atoms with Crippen LogP contribution in [-0.4, -0.2) is 37.2 Å². The third kappa shape index (κ3) is 62.9. The average molecular weight is 1060 g/mol. The molecule has 1 atom stereocenters. The van der Waals surface area contributed by atoms with Gasteiger partial charge in [0.25, 0.3) is 0 Å². The molecular formula is C69H132O6. The van der Waals surface area contributed by atoms with E-state index in [-0.39, 0.29) is 31.1 Å². The van der Waals surface area contributed by atoms with Crippen LogP contribution in [0.3, 0.4) is 0 Å². The zero-order valence-electron chi connectivity index (χ0n) is 51.1. The van der Waals surface area contributed by atoms with Crippen LogP contribution in [-0.2, 0) is 28.6 Å². The van der Waals surface area contributed by atoms with Crippen molar-refractivity contribution >= 4 is 17.9 Å². The highest BCUT2D eigenvalue weighted by Crippen LogP contribution is 2.19. The summed E-state index contributed by atoms with van der Waals surface area (Å²) in [7, 11) is 0. The van der Waals surface area contributed by atoms with E-state index in [9.17, 15) is 14.4 Å². The first-order valence-electron chi connectivity index (χ1n) is 34.2. The van der Waals surface area contributed by atoms with Crippen LogP contribution in [0.1, 0.15) is 393 Å². The zero-order chi connectivity index (χ0) is 54.3. The van der Waals surface area contributed by atoms with Gasteiger partial charge in [0.15, 0.2) is 6.10 Å². The lowest BCUT2D eigenvalue weighted by atomic mass is 10.0. The Labute approximate surface area is 469 Å². The molecule has 0 aromatic carbocycles. The second kappa shape index (κ2) is 64.7. The Morgan fingerprint density at radius 1 is 0.253 bits per heavy atom. The van der Waals surface area contributed by atoms with E-state index in [1.807, 2.05) is 0 Å². The molecule has 0 bridgehead atoms. The number of carbonyl (C=O) groups excluding carboxylic acids is 3. The monoisotopic (exact) mass is 1060 g/mol. The van der Waals surface area contributed by atoms with E-state index in [4.69, 9.17) is 14.2 Å². The van der Waals surface area contributed by atoms with Crippen LogP contribution in [0.4, 0.5) is 0 Å². The van der Waals surface area contributed by atoms with E-state index in [1.165, 1.54) is 295 Å². The predicted molar refractivity (Wildman–Crippen MR) is 326 cm³/mol. The van der Waals surface area contributed by atoms with Crippen LogP contribution in [0.25, 0.3) is 0 Å². The van der Waals surface area contributed by atoms with Gasteiger partial charge in [-0.1, -0.05) is 341 Å². The summed E-state index contributed by atoms with van der Waals surface area (Å²) in [5.74, 6) is -0.836. The fourth-order valence-corrected chi connectivity index (χ4v) is 10.6. The Balaban J connectivity index is 4.11. The minimum atomic E-state index is -0.765. The first-order valence-corrected chi connectivity index (χ1v) is 34.2. The lowest BCUT2D eigenvalue weighted by Crippen LogP contribution is -2.30. The second-order valence-corrected chi connectivity index (χ2v) is 23.5. The van der Waals surface area contributed by atoms with Crippen LogP contribution >= 0.6 is 0 Å². The molecule has 6 heteroatoms. The average Bonchev–Trinajstić information content (AvgIpc) is 3.41. The van der Waals surface area contributed by atoms with Crippen molar-refractivity contribution < 1.29 is 28.6 Å². The Hall–Kier alpha value is -1.85. The molecule has 1 unspecified atom stereocenters. The van der Waals surface area contributed by atoms with Crippen molar-refractivity contribution in [3.05, 3.63) is 12.2 Å². The normalized spacial score (nSPS) is 12.0. The molecule has 0 rings (SSSR count). The summed E-state index contributed by atoms with van der Waals surface area (Å²) in [6.45, 7) is 6.70. The number of hydrogen-bond donors (Lipinski definition) is 0. The minimum Gasteiger partial charge on any atom is -0.462 e. The standard InChI is InChI=1S/C69H132O6/c1-4-7-10-13-16-19-21-23-25-27-29-31-33-34-36-37-39-41-43-45-47-50-53-56-59-62-68(71)74-65-66(64-73-67(70)61-58-55-52-49-18-15-12-9-6-3)75-69(72)63-60-57-54-51-48-46-44-42-40-38-35-32-30-28-26-24-22-20-17-14-11-8-5-2/h28,30,66H,4-27,29,31-65H2,1-3H3/b30-28-. The van der Waals surface area contributed by atoms with Gasteiger partial charge in [-0.2, -0.15) is 0 Å². The van der Waals surface area contributed by atoms with Crippen LogP contribution in [0.5, 0.6) is 0 Å². The number of hydrogen-bond acceptors (Lipinski definition) is 6. The van der Waals surface area contributed by atoms with E-state index in [0.29, 0.717) is 19.3 Å². The van der Waals surface area contributed by atoms with E-state index in [2.05, 4.69) is 32.9 Å². The molecule has 444 valence electrons. The fourth-order valence-electron chi connectivity index (χ4n) is 10.6. The molecule has 6 nitrogen and oxygen atoms in total. The highest BCUT2D eigenvalue weighted by Gasteiger charge is 2.19. The lowest BCUT2D eigenvalue weighted by molar-refractivity contribution is -0.167. The number of unbranched alkanes of at least 4 members (excludes halogenated alkanes) is 51. The van der Waals surface area contributed by atoms with E-state index in [0.717, 1.165) is 57.8 Å². The van der Waals surface area contributed by atoms with Crippen LogP contribution < -0.4 is 0 Å². The first-order chi connectivity index (χ1) is 37.0. The van der Waals surface area contributed by atoms with Gasteiger partial charge >= 0.3 is 17.9 Å². The largest absolute Gasteiger partial charge is 0.462 e. The molecular weight excluding hydrogens is 925 g/mol. The molecule has 0 N–H and O–H groups in total. The van der Waals surface area contributed by atoms with Gasteiger partial charge in [0.1, 0.15) is 13.2 Å². The summed E-state index contributed by atoms with van der Waals surface area (Å²) in [5.41, 5.74) is 0. The Kier molecular flexibility index (Phi) is 63.1. The van der Waals surface area contributed by atoms with Crippen molar-refractivity contribution in [2.45, 2.75) is 399 Å². The predicted octanol–water partition coefficient (Wildman–Crippen LogP) is 23.2. The highest BCUT2D eigenvalue weighted by molar-refractivity contribution is 5.71. The van der Waals surface area contributed by atoms with E-state index < -0.39 is 6.10 Å². The Morgan fingerprint density at radius 2 is 0.440 bits per heavy atom. The maximum absolute atomic E-state index is 12.9. The van der Waals surface area contributed by atoms with Gasteiger partial charge in [0.05, 0.1) is 0 Å². The smallest absolute Gasteiger partial charge is 0.306 e. The number of allylic oxidation sites excluding steroid dienone is 2. The summed E-state index contributed by atoms with van der Waals surface area (Å²) in [6, 6.07) is 0. The molecule has 0 aliphatic heterocycles. The summed E-state index contributed by atoms with van der Waals surface area (Å²) in [5, 5.41) is 0. The van der Waals surface area contributed by atoms with Crippen molar-refractivity contribution in [3.63, 3.8) is 0 Å². The van der Waals surface area contributed by atoms with E-state index >= 15 is 0 Å². The summed E-state index contributed by atoms with van der Waals surface area (Å²) in [4.78, 5) is 38.2. The number of ether oxygens (including phenoxy) is 3. The molecule has 0 aromatic heterocycles. The maximum Gasteiger partial charge on any atom is 0.306 e. The number of carbonyl (C=O) groups is 3. The van der Waals surface area contributed by atoms with Crippen molar-refractivity contribution in [2.24, 2.45) is 0 Å². The molecule has 0 saturated carbocycles. The molecule has 75 heavy (non-hydrogen) atoms. The van der Waals surface area contributed by atoms with Crippen LogP contribution in [0.15, 0.2) is 12.2 Å². The molecule has 0 aromatic rings. The van der Waals surface area contributed by atoms with Crippen molar-refractivity contribution in [2.75, 3.05) is 13.2 Å². The molecule has 0 spiro atoms. The van der Waals surface area contributed by atoms with Gasteiger partial charge in [-0.15, -0.1) is 0 Å². The van der Waals surface area contributed by atoms with Crippen molar-refractivity contribution in [1.82, 2.24) is 0 Å². The molecule has 0 fully saturated rings. The van der Waals surface area contributed by atoms with Crippen molar-refractivity contribution in [3.8, 4) is 0 Å². The van der Waals surface area contributed by atoms with Gasteiger partial charge in [0.2, 0.25) is 0 Å². The van der Waals surface area contributed by atoms with E-state index in [1.54, 1.807) is 0 Å². The molecule has 0 saturated heterocycles. The number of esters is 3. The SMILES string of the molecule is CCCCCCCCCC/C=C\CCCCCCCCCCCCCC(=O)OC(COC(=O)CCCCCCCCCCC)COC(=O)CCCCCCCCCCCCCCCCCCCCCCCCCCC. The Morgan fingerprint density at radius 3 is 0.667 bits per heavy atom. The molecule has 0 aliphatic rings. The Bertz CT molecular complexity index is 1170. The highest BCUT2D eigenvalue weighted by atomic mass is 16.6. The molecule has 0 heterocycles. The van der Waals surface area contributed by atoms with Crippen LogP contribution in [0.2, 0.25) is 0 Å². The third-order valence-corrected chi connectivity index (χ3v) is 15.8. The zero-order valence-corrected chi connectivity index (χ0v) is 51.1. The van der Waals surface area contributed by atoms with Crippen molar-refractivity contribution in [1.29, 1.82) is 0 Å². The third-order valence-electron chi connectivity index (χ3n) is 15.8. The summed E-state index contributed by atoms with van der Waals surface area (Å²) in [6.07, 6.45) is 76.8. The van der Waals surface area contributed by atoms with Gasteiger partial charge in [0, 0.05) is 19.3 Å². The van der Waals surface area contributed by atoms with Gasteiger partial charge in [-0.25, -0.2) is 0 Å². The first kappa shape index (κ1) is 73.2. The summed E-state index contributed by atoms with van der Waals surface area (Å²) < 4.78 is 16.9. The lowest BCUT2D eigenvalue weighted by Gasteiger charge is -2.18. The maximum atomic E-state index is 12.9. The number of rotatable bonds is 64. The topological polar surface area (TPSA) is 78.9 Å². The fraction of sp³-hybridized carbons (Fsp3) is 0.928. The van der Waals surface area contributed by atoms with Gasteiger partial charge in [-0.05, 0) is 44.9 Å². The molecule has 0 amide bonds. The molecule has 0 radical (unpaired) electrons. The minimum absolute atomic E-state index is 0.0637. The second-order valence-electron chi connectivity index (χ2n) is 23.5. The molecule has 0 aliphatic carbocycles. The summed E-state index contributed by atoms with van der Waals surface area (Å²) >= 11 is 0. The van der Waals surface area contributed by atoms with Crippen LogP contribution in [0, 0.1) is 0 Å².